The van der Waals surface area contributed by atoms with Crippen LogP contribution in [0.5, 0.6) is 5.75 Å². The van der Waals surface area contributed by atoms with E-state index in [1.54, 1.807) is 37.4 Å². The summed E-state index contributed by atoms with van der Waals surface area (Å²) in [6.07, 6.45) is 5.04. The Hall–Kier alpha value is -3.43. The van der Waals surface area contributed by atoms with Gasteiger partial charge in [0.2, 0.25) is 0 Å². The van der Waals surface area contributed by atoms with Crippen LogP contribution in [0.2, 0.25) is 10.0 Å². The quantitative estimate of drug-likeness (QED) is 0.192. The smallest absolute Gasteiger partial charge is 0.253 e. The largest absolute Gasteiger partial charge is 0.495 e. The highest BCUT2D eigenvalue weighted by molar-refractivity contribution is 6.35. The van der Waals surface area contributed by atoms with Gasteiger partial charge in [-0.15, -0.1) is 0 Å². The molecule has 4 aromatic rings. The minimum Gasteiger partial charge on any atom is -0.495 e. The van der Waals surface area contributed by atoms with Gasteiger partial charge in [0.1, 0.15) is 11.6 Å². The molecule has 0 radical (unpaired) electrons. The Bertz CT molecular complexity index is 1660. The number of carbonyl (C=O) groups is 2. The van der Waals surface area contributed by atoms with Gasteiger partial charge in [0.15, 0.2) is 5.78 Å². The zero-order chi connectivity index (χ0) is 30.8. The molecule has 7 nitrogen and oxygen atoms in total. The molecule has 0 spiro atoms. The monoisotopic (exact) mass is 636 g/mol. The minimum absolute atomic E-state index is 0.0338. The zero-order valence-electron chi connectivity index (χ0n) is 24.6. The number of piperazine rings is 1. The van der Waals surface area contributed by atoms with E-state index in [4.69, 9.17) is 27.9 Å². The fourth-order valence-corrected chi connectivity index (χ4v) is 7.30. The molecule has 44 heavy (non-hydrogen) atoms. The van der Waals surface area contributed by atoms with E-state index in [0.717, 1.165) is 56.3 Å². The molecule has 1 aromatic heterocycles. The molecule has 2 unspecified atom stereocenters. The summed E-state index contributed by atoms with van der Waals surface area (Å²) in [5.74, 6) is 0.205. The van der Waals surface area contributed by atoms with Crippen molar-refractivity contribution in [3.63, 3.8) is 0 Å². The van der Waals surface area contributed by atoms with Crippen molar-refractivity contribution in [1.29, 1.82) is 0 Å². The van der Waals surface area contributed by atoms with E-state index in [9.17, 15) is 14.0 Å². The Labute approximate surface area is 266 Å². The van der Waals surface area contributed by atoms with Gasteiger partial charge in [-0.2, -0.15) is 0 Å². The van der Waals surface area contributed by atoms with Crippen LogP contribution < -0.4 is 10.1 Å². The summed E-state index contributed by atoms with van der Waals surface area (Å²) in [6.45, 7) is 3.95. The Morgan fingerprint density at radius 1 is 0.977 bits per heavy atom. The molecule has 2 aliphatic rings. The number of nitrogens with one attached hydrogen (secondary N) is 1. The van der Waals surface area contributed by atoms with Crippen LogP contribution >= 0.6 is 23.2 Å². The Balaban J connectivity index is 1.09. The summed E-state index contributed by atoms with van der Waals surface area (Å²) in [4.78, 5) is 31.1. The Kier molecular flexibility index (Phi) is 9.23. The topological polar surface area (TPSA) is 66.8 Å². The van der Waals surface area contributed by atoms with Gasteiger partial charge in [0, 0.05) is 72.0 Å². The lowest BCUT2D eigenvalue weighted by Crippen LogP contribution is -2.54. The number of ether oxygens (including phenoxy) is 1. The molecule has 10 heteroatoms. The standard InChI is InChI=1S/C34H35Cl2FN4O3/c1-44-32-8-3-7-29-30(34(43)38-17-22-5-2-6-26(37)13-22)20-40(33(29)32)11-4-12-41-27-9-10-28(41)19-39(18-27)21-31(42)23-14-24(35)16-25(36)15-23/h2-3,5-8,13-16,20,27-28H,4,9-12,17-19,21H2,1H3,(H,38,43). The van der Waals surface area contributed by atoms with Crippen LogP contribution in [0.15, 0.2) is 66.9 Å². The van der Waals surface area contributed by atoms with E-state index in [0.29, 0.717) is 51.1 Å². The number of carbonyl (C=O) groups excluding carboxylic acids is 2. The minimum atomic E-state index is -0.329. The van der Waals surface area contributed by atoms with E-state index in [1.165, 1.54) is 12.1 Å². The molecule has 2 aliphatic heterocycles. The number of fused-ring (bicyclic) bond motifs is 3. The molecule has 2 fully saturated rings. The van der Waals surface area contributed by atoms with Crippen LogP contribution in [-0.2, 0) is 13.1 Å². The summed E-state index contributed by atoms with van der Waals surface area (Å²) >= 11 is 12.2. The van der Waals surface area contributed by atoms with Crippen molar-refractivity contribution in [3.8, 4) is 5.75 Å². The van der Waals surface area contributed by atoms with Gasteiger partial charge in [-0.1, -0.05) is 47.5 Å². The van der Waals surface area contributed by atoms with E-state index < -0.39 is 0 Å². The number of nitrogens with zero attached hydrogens (tertiary/aromatic N) is 3. The summed E-state index contributed by atoms with van der Waals surface area (Å²) in [6, 6.07) is 17.8. The number of halogens is 3. The number of aryl methyl sites for hydroxylation is 1. The SMILES string of the molecule is COc1cccc2c(C(=O)NCc3cccc(F)c3)cn(CCCN3C4CCC3CN(CC(=O)c3cc(Cl)cc(Cl)c3)C4)c12. The van der Waals surface area contributed by atoms with Crippen molar-refractivity contribution in [3.05, 3.63) is 99.4 Å². The molecule has 3 heterocycles. The van der Waals surface area contributed by atoms with Crippen molar-refractivity contribution < 1.29 is 18.7 Å². The average molecular weight is 638 g/mol. The highest BCUT2D eigenvalue weighted by Gasteiger charge is 2.39. The van der Waals surface area contributed by atoms with Gasteiger partial charge in [-0.3, -0.25) is 19.4 Å². The maximum atomic E-state index is 13.6. The number of rotatable bonds is 11. The molecular formula is C34H35Cl2FN4O3. The molecule has 0 aliphatic carbocycles. The van der Waals surface area contributed by atoms with Crippen LogP contribution in [0, 0.1) is 5.82 Å². The first-order valence-electron chi connectivity index (χ1n) is 14.9. The predicted octanol–water partition coefficient (Wildman–Crippen LogP) is 6.45. The van der Waals surface area contributed by atoms with E-state index in [-0.39, 0.29) is 24.1 Å². The lowest BCUT2D eigenvalue weighted by atomic mass is 10.1. The number of Topliss-reactive ketones (excluding diaryl/α,β-unsaturated/α-hetero) is 1. The van der Waals surface area contributed by atoms with Gasteiger partial charge in [-0.05, 0) is 61.2 Å². The molecule has 1 N–H and O–H groups in total. The van der Waals surface area contributed by atoms with Crippen molar-refractivity contribution in [2.24, 2.45) is 0 Å². The normalized spacial score (nSPS) is 18.5. The van der Waals surface area contributed by atoms with Crippen LogP contribution in [0.3, 0.4) is 0 Å². The van der Waals surface area contributed by atoms with E-state index in [1.807, 2.05) is 24.4 Å². The van der Waals surface area contributed by atoms with Crippen LogP contribution in [0.25, 0.3) is 10.9 Å². The summed E-state index contributed by atoms with van der Waals surface area (Å²) in [5.41, 5.74) is 2.70. The molecule has 2 saturated heterocycles. The highest BCUT2D eigenvalue weighted by atomic mass is 35.5. The van der Waals surface area contributed by atoms with Crippen molar-refractivity contribution >= 4 is 45.8 Å². The Morgan fingerprint density at radius 2 is 1.70 bits per heavy atom. The fourth-order valence-electron chi connectivity index (χ4n) is 6.78. The van der Waals surface area contributed by atoms with Gasteiger partial charge >= 0.3 is 0 Å². The molecule has 3 aromatic carbocycles. The first-order chi connectivity index (χ1) is 21.3. The summed E-state index contributed by atoms with van der Waals surface area (Å²) in [5, 5.41) is 4.69. The second-order valence-electron chi connectivity index (χ2n) is 11.7. The third-order valence-corrected chi connectivity index (χ3v) is 9.18. The zero-order valence-corrected chi connectivity index (χ0v) is 26.1. The van der Waals surface area contributed by atoms with Crippen LogP contribution in [0.1, 0.15) is 45.5 Å². The molecule has 0 saturated carbocycles. The van der Waals surface area contributed by atoms with Gasteiger partial charge < -0.3 is 14.6 Å². The maximum absolute atomic E-state index is 13.6. The number of para-hydroxylation sites is 1. The molecule has 6 rings (SSSR count). The van der Waals surface area contributed by atoms with Crippen molar-refractivity contribution in [1.82, 2.24) is 19.7 Å². The molecule has 2 bridgehead atoms. The second-order valence-corrected chi connectivity index (χ2v) is 12.5. The first-order valence-corrected chi connectivity index (χ1v) is 15.7. The number of benzene rings is 3. The number of hydrogen-bond donors (Lipinski definition) is 1. The highest BCUT2D eigenvalue weighted by Crippen LogP contribution is 2.33. The first kappa shape index (κ1) is 30.6. The third kappa shape index (κ3) is 6.64. The van der Waals surface area contributed by atoms with Crippen molar-refractivity contribution in [2.75, 3.05) is 33.3 Å². The number of amides is 1. The lowest BCUT2D eigenvalue weighted by molar-refractivity contribution is 0.0588. The van der Waals surface area contributed by atoms with Crippen molar-refractivity contribution in [2.45, 2.75) is 44.4 Å². The van der Waals surface area contributed by atoms with E-state index >= 15 is 0 Å². The van der Waals surface area contributed by atoms with E-state index in [2.05, 4.69) is 19.7 Å². The Morgan fingerprint density at radius 3 is 2.41 bits per heavy atom. The number of aromatic nitrogens is 1. The van der Waals surface area contributed by atoms with Gasteiger partial charge in [0.05, 0.1) is 24.7 Å². The van der Waals surface area contributed by atoms with Gasteiger partial charge in [-0.25, -0.2) is 4.39 Å². The molecular weight excluding hydrogens is 602 g/mol. The second kappa shape index (κ2) is 13.3. The lowest BCUT2D eigenvalue weighted by Gasteiger charge is -2.41. The van der Waals surface area contributed by atoms with Gasteiger partial charge in [0.25, 0.3) is 5.91 Å². The summed E-state index contributed by atoms with van der Waals surface area (Å²) < 4.78 is 21.4. The molecule has 2 atom stereocenters. The van der Waals surface area contributed by atoms with Crippen LogP contribution in [-0.4, -0.2) is 71.4 Å². The number of likely N-dealkylation sites (tertiary alicyclic amines) is 1. The maximum Gasteiger partial charge on any atom is 0.253 e. The number of hydrogen-bond acceptors (Lipinski definition) is 5. The molecule has 230 valence electrons. The predicted molar refractivity (Wildman–Crippen MR) is 171 cm³/mol. The average Bonchev–Trinajstić information content (AvgIpc) is 3.48. The fraction of sp³-hybridized carbons (Fsp3) is 0.353. The van der Waals surface area contributed by atoms with Crippen LogP contribution in [0.4, 0.5) is 4.39 Å². The summed E-state index contributed by atoms with van der Waals surface area (Å²) in [7, 11) is 1.64. The third-order valence-electron chi connectivity index (χ3n) is 8.74. The molecule has 1 amide bonds. The number of ketones is 1. The number of methoxy groups -OCH3 is 1.